The molecule has 4 heterocycles. The van der Waals surface area contributed by atoms with Gasteiger partial charge in [-0.2, -0.15) is 13.2 Å². The standard InChI is InChI=1S/C26H32N6O.C2HF3O2/c1-19(2)32-20(3)29-24-23(32)17-31(25(33)22-15-27-11-12-28-22)18-26(24)9-13-30(14-10-26)16-21-7-5-4-6-8-21;3-2(4,5)1(6)7/h4-8,11-12,15,19H,9-10,13-14,16-18H2,1-3H3;(H,6,7). The van der Waals surface area contributed by atoms with E-state index in [0.717, 1.165) is 38.3 Å². The molecule has 0 saturated carbocycles. The number of piperidine rings is 1. The molecule has 5 rings (SSSR count). The molecule has 1 N–H and O–H groups in total. The lowest BCUT2D eigenvalue weighted by Gasteiger charge is -2.47. The predicted molar refractivity (Wildman–Crippen MR) is 140 cm³/mol. The largest absolute Gasteiger partial charge is 0.490 e. The molecular formula is C28H33F3N6O3. The van der Waals surface area contributed by atoms with Gasteiger partial charge in [-0.3, -0.25) is 14.7 Å². The molecule has 0 unspecified atom stereocenters. The van der Waals surface area contributed by atoms with E-state index in [9.17, 15) is 18.0 Å². The zero-order valence-corrected chi connectivity index (χ0v) is 22.7. The van der Waals surface area contributed by atoms with Crippen LogP contribution in [0.3, 0.4) is 0 Å². The van der Waals surface area contributed by atoms with Gasteiger partial charge >= 0.3 is 12.1 Å². The molecule has 0 aliphatic carbocycles. The van der Waals surface area contributed by atoms with Crippen LogP contribution in [0.4, 0.5) is 13.2 Å². The van der Waals surface area contributed by atoms with Gasteiger partial charge < -0.3 is 14.6 Å². The van der Waals surface area contributed by atoms with Crippen LogP contribution in [0, 0.1) is 6.92 Å². The molecule has 214 valence electrons. The Morgan fingerprint density at radius 2 is 1.75 bits per heavy atom. The van der Waals surface area contributed by atoms with E-state index in [1.54, 1.807) is 18.6 Å². The number of hydrogen-bond acceptors (Lipinski definition) is 6. The quantitative estimate of drug-likeness (QED) is 0.507. The Kier molecular flexibility index (Phi) is 8.57. The van der Waals surface area contributed by atoms with Gasteiger partial charge in [-0.1, -0.05) is 30.3 Å². The molecule has 2 aromatic heterocycles. The molecule has 2 aliphatic rings. The number of amides is 1. The van der Waals surface area contributed by atoms with Crippen LogP contribution in [0.1, 0.15) is 66.0 Å². The van der Waals surface area contributed by atoms with E-state index in [-0.39, 0.29) is 11.3 Å². The van der Waals surface area contributed by atoms with Crippen molar-refractivity contribution in [3.63, 3.8) is 0 Å². The number of carboxylic acid groups (broad SMARTS) is 1. The van der Waals surface area contributed by atoms with Crippen LogP contribution in [0.2, 0.25) is 0 Å². The molecule has 1 spiro atoms. The fourth-order valence-electron chi connectivity index (χ4n) is 5.62. The summed E-state index contributed by atoms with van der Waals surface area (Å²) in [4.78, 5) is 40.3. The van der Waals surface area contributed by atoms with Gasteiger partial charge in [0.1, 0.15) is 11.5 Å². The van der Waals surface area contributed by atoms with Crippen molar-refractivity contribution in [1.29, 1.82) is 0 Å². The number of carboxylic acids is 1. The first-order chi connectivity index (χ1) is 18.9. The lowest BCUT2D eigenvalue weighted by atomic mass is 9.72. The van der Waals surface area contributed by atoms with Gasteiger partial charge in [0.15, 0.2) is 0 Å². The molecule has 1 amide bonds. The Balaban J connectivity index is 0.000000470. The first kappa shape index (κ1) is 29.2. The summed E-state index contributed by atoms with van der Waals surface area (Å²) in [6, 6.07) is 10.9. The number of imidazole rings is 1. The molecule has 1 fully saturated rings. The van der Waals surface area contributed by atoms with Gasteiger partial charge in [-0.25, -0.2) is 14.8 Å². The number of halogens is 3. The molecule has 2 aliphatic heterocycles. The number of likely N-dealkylation sites (tertiary alicyclic amines) is 1. The highest BCUT2D eigenvalue weighted by atomic mass is 19.4. The zero-order valence-electron chi connectivity index (χ0n) is 22.7. The van der Waals surface area contributed by atoms with E-state index in [4.69, 9.17) is 14.9 Å². The third-order valence-electron chi connectivity index (χ3n) is 7.41. The number of hydrogen-bond donors (Lipinski definition) is 1. The van der Waals surface area contributed by atoms with E-state index in [1.807, 2.05) is 4.90 Å². The van der Waals surface area contributed by atoms with Crippen molar-refractivity contribution in [2.45, 2.75) is 64.3 Å². The number of rotatable bonds is 4. The van der Waals surface area contributed by atoms with Gasteiger partial charge in [0.05, 0.1) is 24.1 Å². The van der Waals surface area contributed by atoms with Crippen molar-refractivity contribution in [2.75, 3.05) is 19.6 Å². The number of fused-ring (bicyclic) bond motifs is 2. The highest BCUT2D eigenvalue weighted by Crippen LogP contribution is 2.43. The molecule has 0 radical (unpaired) electrons. The maximum absolute atomic E-state index is 13.4. The molecule has 3 aromatic rings. The SMILES string of the molecule is Cc1nc2c(n1C(C)C)CN(C(=O)c1cnccn1)CC21CCN(Cc2ccccc2)CC1.O=C(O)C(F)(F)F. The summed E-state index contributed by atoms with van der Waals surface area (Å²) >= 11 is 0. The Morgan fingerprint density at radius 3 is 2.30 bits per heavy atom. The van der Waals surface area contributed by atoms with Gasteiger partial charge in [0, 0.05) is 36.9 Å². The molecule has 0 atom stereocenters. The number of nitrogens with zero attached hydrogens (tertiary/aromatic N) is 6. The maximum atomic E-state index is 13.4. The summed E-state index contributed by atoms with van der Waals surface area (Å²) in [6.45, 7) is 10.7. The second-order valence-electron chi connectivity index (χ2n) is 10.5. The third-order valence-corrected chi connectivity index (χ3v) is 7.41. The lowest BCUT2D eigenvalue weighted by molar-refractivity contribution is -0.192. The van der Waals surface area contributed by atoms with Gasteiger partial charge in [0.25, 0.3) is 5.91 Å². The Labute approximate surface area is 230 Å². The third kappa shape index (κ3) is 6.33. The first-order valence-electron chi connectivity index (χ1n) is 13.1. The van der Waals surface area contributed by atoms with E-state index in [1.165, 1.54) is 17.0 Å². The highest BCUT2D eigenvalue weighted by Gasteiger charge is 2.46. The number of aliphatic carboxylic acids is 1. The monoisotopic (exact) mass is 558 g/mol. The second kappa shape index (κ2) is 11.7. The van der Waals surface area contributed by atoms with Crippen LogP contribution in [0.25, 0.3) is 0 Å². The van der Waals surface area contributed by atoms with Crippen LogP contribution in [0.5, 0.6) is 0 Å². The van der Waals surface area contributed by atoms with E-state index < -0.39 is 12.1 Å². The minimum Gasteiger partial charge on any atom is -0.475 e. The smallest absolute Gasteiger partial charge is 0.475 e. The molecule has 0 bridgehead atoms. The summed E-state index contributed by atoms with van der Waals surface area (Å²) < 4.78 is 34.0. The number of alkyl halides is 3. The molecule has 1 saturated heterocycles. The number of benzene rings is 1. The van der Waals surface area contributed by atoms with Crippen molar-refractivity contribution < 1.29 is 27.9 Å². The first-order valence-corrected chi connectivity index (χ1v) is 13.1. The number of carbonyl (C=O) groups excluding carboxylic acids is 1. The van der Waals surface area contributed by atoms with Crippen LogP contribution >= 0.6 is 0 Å². The second-order valence-corrected chi connectivity index (χ2v) is 10.5. The normalized spacial score (nSPS) is 16.8. The van der Waals surface area contributed by atoms with Crippen molar-refractivity contribution in [1.82, 2.24) is 29.3 Å². The predicted octanol–water partition coefficient (Wildman–Crippen LogP) is 4.39. The number of aromatic nitrogens is 4. The fraction of sp³-hybridized carbons (Fsp3) is 0.464. The van der Waals surface area contributed by atoms with E-state index >= 15 is 0 Å². The molecule has 9 nitrogen and oxygen atoms in total. The van der Waals surface area contributed by atoms with Crippen LogP contribution < -0.4 is 0 Å². The summed E-state index contributed by atoms with van der Waals surface area (Å²) in [5.41, 5.74) is 4.02. The Hall–Kier alpha value is -3.80. The zero-order chi connectivity index (χ0) is 29.1. The fourth-order valence-corrected chi connectivity index (χ4v) is 5.62. The average molecular weight is 559 g/mol. The molecule has 12 heteroatoms. The van der Waals surface area contributed by atoms with E-state index in [0.29, 0.717) is 24.8 Å². The average Bonchev–Trinajstić information content (AvgIpc) is 3.27. The maximum Gasteiger partial charge on any atom is 0.490 e. The topological polar surface area (TPSA) is 104 Å². The highest BCUT2D eigenvalue weighted by molar-refractivity contribution is 5.92. The van der Waals surface area contributed by atoms with Crippen molar-refractivity contribution in [3.8, 4) is 0 Å². The van der Waals surface area contributed by atoms with Crippen LogP contribution in [0.15, 0.2) is 48.9 Å². The molecule has 40 heavy (non-hydrogen) atoms. The number of aryl methyl sites for hydroxylation is 1. The minimum absolute atomic E-state index is 0.0472. The van der Waals surface area contributed by atoms with Gasteiger partial charge in [-0.15, -0.1) is 0 Å². The Bertz CT molecular complexity index is 1320. The van der Waals surface area contributed by atoms with Crippen molar-refractivity contribution in [2.24, 2.45) is 0 Å². The van der Waals surface area contributed by atoms with Crippen molar-refractivity contribution in [3.05, 3.63) is 77.4 Å². The summed E-state index contributed by atoms with van der Waals surface area (Å²) in [5, 5.41) is 7.12. The molecular weight excluding hydrogens is 525 g/mol. The van der Waals surface area contributed by atoms with Crippen molar-refractivity contribution >= 4 is 11.9 Å². The van der Waals surface area contributed by atoms with Crippen LogP contribution in [-0.4, -0.2) is 72.1 Å². The Morgan fingerprint density at radius 1 is 1.10 bits per heavy atom. The molecule has 1 aromatic carbocycles. The van der Waals surface area contributed by atoms with Gasteiger partial charge in [-0.05, 0) is 52.3 Å². The summed E-state index contributed by atoms with van der Waals surface area (Å²) in [7, 11) is 0. The van der Waals surface area contributed by atoms with Gasteiger partial charge in [0.2, 0.25) is 0 Å². The number of carbonyl (C=O) groups is 2. The minimum atomic E-state index is -5.08. The summed E-state index contributed by atoms with van der Waals surface area (Å²) in [6.07, 6.45) is 1.66. The van der Waals surface area contributed by atoms with Crippen LogP contribution in [-0.2, 0) is 23.3 Å². The van der Waals surface area contributed by atoms with E-state index in [2.05, 4.69) is 70.5 Å². The summed E-state index contributed by atoms with van der Waals surface area (Å²) in [5.74, 6) is -1.77. The lowest BCUT2D eigenvalue weighted by Crippen LogP contribution is -2.53.